The van der Waals surface area contributed by atoms with Gasteiger partial charge < -0.3 is 9.47 Å². The van der Waals surface area contributed by atoms with Crippen LogP contribution in [0.5, 0.6) is 0 Å². The van der Waals surface area contributed by atoms with Gasteiger partial charge in [0.25, 0.3) is 10.0 Å². The maximum atomic E-state index is 12.6. The number of benzene rings is 1. The van der Waals surface area contributed by atoms with Gasteiger partial charge in [-0.05, 0) is 44.9 Å². The first-order valence-corrected chi connectivity index (χ1v) is 8.66. The Bertz CT molecular complexity index is 667. The quantitative estimate of drug-likeness (QED) is 0.796. The molecule has 0 saturated heterocycles. The van der Waals surface area contributed by atoms with Crippen LogP contribution in [0.1, 0.15) is 26.3 Å². The topological polar surface area (TPSA) is 65.0 Å². The molecule has 1 aliphatic rings. The first-order chi connectivity index (χ1) is 9.61. The molecule has 0 spiro atoms. The molecule has 1 aliphatic heterocycles. The van der Waals surface area contributed by atoms with Crippen LogP contribution in [-0.4, -0.2) is 32.0 Å². The van der Waals surface area contributed by atoms with Crippen molar-refractivity contribution in [2.75, 3.05) is 7.11 Å². The van der Waals surface area contributed by atoms with Crippen LogP contribution < -0.4 is 0 Å². The predicted molar refractivity (Wildman–Crippen MR) is 84.8 cm³/mol. The second kappa shape index (κ2) is 5.28. The Hall–Kier alpha value is -1.08. The third-order valence-electron chi connectivity index (χ3n) is 4.01. The lowest BCUT2D eigenvalue weighted by Gasteiger charge is -2.44. The van der Waals surface area contributed by atoms with Crippen molar-refractivity contribution >= 4 is 32.0 Å². The van der Waals surface area contributed by atoms with Crippen LogP contribution in [0.4, 0.5) is 0 Å². The van der Waals surface area contributed by atoms with Gasteiger partial charge in [-0.25, -0.2) is 8.42 Å². The summed E-state index contributed by atoms with van der Waals surface area (Å²) >= 11 is 3.36. The standard InChI is InChI=1S/C14H18BrNO4S/c1-13(2)14(3,9-10-5-7-11(15)8-6-10)21(17,18)16-12(19-4)20-13/h5-8H,9H2,1-4H3. The molecule has 0 fully saturated rings. The summed E-state index contributed by atoms with van der Waals surface area (Å²) in [5.41, 5.74) is -0.0663. The predicted octanol–water partition coefficient (Wildman–Crippen LogP) is 2.89. The van der Waals surface area contributed by atoms with E-state index in [-0.39, 0.29) is 6.08 Å². The summed E-state index contributed by atoms with van der Waals surface area (Å²) < 4.78 is 39.1. The van der Waals surface area contributed by atoms with Crippen LogP contribution in [-0.2, 0) is 25.9 Å². The van der Waals surface area contributed by atoms with Crippen LogP contribution in [0.25, 0.3) is 0 Å². The lowest BCUT2D eigenvalue weighted by Crippen LogP contribution is -2.59. The Morgan fingerprint density at radius 1 is 1.24 bits per heavy atom. The van der Waals surface area contributed by atoms with E-state index < -0.39 is 20.4 Å². The van der Waals surface area contributed by atoms with E-state index in [1.165, 1.54) is 7.11 Å². The van der Waals surface area contributed by atoms with Crippen LogP contribution in [0, 0.1) is 0 Å². The molecule has 0 saturated carbocycles. The van der Waals surface area contributed by atoms with Crippen molar-refractivity contribution in [2.24, 2.45) is 4.40 Å². The van der Waals surface area contributed by atoms with Crippen LogP contribution in [0.3, 0.4) is 0 Å². The number of ether oxygens (including phenoxy) is 2. The average molecular weight is 376 g/mol. The van der Waals surface area contributed by atoms with Gasteiger partial charge >= 0.3 is 6.08 Å². The first kappa shape index (κ1) is 16.3. The number of hydrogen-bond donors (Lipinski definition) is 0. The van der Waals surface area contributed by atoms with Crippen LogP contribution >= 0.6 is 15.9 Å². The number of methoxy groups -OCH3 is 1. The third kappa shape index (κ3) is 2.81. The van der Waals surface area contributed by atoms with Gasteiger partial charge in [-0.1, -0.05) is 32.5 Å². The fourth-order valence-corrected chi connectivity index (χ4v) is 4.01. The van der Waals surface area contributed by atoms with Crippen LogP contribution in [0.2, 0.25) is 0 Å². The van der Waals surface area contributed by atoms with Crippen molar-refractivity contribution in [3.05, 3.63) is 34.3 Å². The van der Waals surface area contributed by atoms with Crippen molar-refractivity contribution in [1.29, 1.82) is 0 Å². The number of halogens is 1. The van der Waals surface area contributed by atoms with Crippen LogP contribution in [0.15, 0.2) is 33.1 Å². The van der Waals surface area contributed by atoms with Gasteiger partial charge in [-0.2, -0.15) is 0 Å². The van der Waals surface area contributed by atoms with E-state index in [4.69, 9.17) is 9.47 Å². The Morgan fingerprint density at radius 2 is 1.81 bits per heavy atom. The minimum atomic E-state index is -3.77. The van der Waals surface area contributed by atoms with Gasteiger partial charge in [0.05, 0.1) is 7.11 Å². The van der Waals surface area contributed by atoms with Crippen molar-refractivity contribution in [1.82, 2.24) is 0 Å². The van der Waals surface area contributed by atoms with E-state index in [1.54, 1.807) is 20.8 Å². The fourth-order valence-electron chi connectivity index (χ4n) is 2.23. The maximum Gasteiger partial charge on any atom is 0.399 e. The number of sulfonamides is 1. The molecule has 5 nitrogen and oxygen atoms in total. The van der Waals surface area contributed by atoms with Gasteiger partial charge in [0.2, 0.25) is 0 Å². The molecule has 0 amide bonds. The lowest BCUT2D eigenvalue weighted by molar-refractivity contribution is 0.0147. The Labute approximate surface area is 133 Å². The van der Waals surface area contributed by atoms with E-state index in [1.807, 2.05) is 24.3 Å². The molecule has 0 aliphatic carbocycles. The van der Waals surface area contributed by atoms with E-state index in [0.29, 0.717) is 6.42 Å². The van der Waals surface area contributed by atoms with Crippen molar-refractivity contribution in [3.63, 3.8) is 0 Å². The fraction of sp³-hybridized carbons (Fsp3) is 0.500. The van der Waals surface area contributed by atoms with Crippen molar-refractivity contribution in [2.45, 2.75) is 37.5 Å². The van der Waals surface area contributed by atoms with Gasteiger partial charge in [0, 0.05) is 4.47 Å². The summed E-state index contributed by atoms with van der Waals surface area (Å²) in [6, 6.07) is 7.53. The molecule has 0 radical (unpaired) electrons. The number of nitrogens with zero attached hydrogens (tertiary/aromatic N) is 1. The Balaban J connectivity index is 2.47. The third-order valence-corrected chi connectivity index (χ3v) is 6.70. The summed E-state index contributed by atoms with van der Waals surface area (Å²) in [7, 11) is -2.44. The van der Waals surface area contributed by atoms with E-state index in [9.17, 15) is 8.42 Å². The molecule has 1 unspecified atom stereocenters. The molecule has 0 aromatic heterocycles. The van der Waals surface area contributed by atoms with Crippen molar-refractivity contribution < 1.29 is 17.9 Å². The van der Waals surface area contributed by atoms with E-state index >= 15 is 0 Å². The number of hydrogen-bond acceptors (Lipinski definition) is 4. The summed E-state index contributed by atoms with van der Waals surface area (Å²) in [6.45, 7) is 5.12. The minimum Gasteiger partial charge on any atom is -0.453 e. The molecule has 2 rings (SSSR count). The summed E-state index contributed by atoms with van der Waals surface area (Å²) in [4.78, 5) is 0. The molecule has 116 valence electrons. The molecule has 1 aromatic rings. The maximum absolute atomic E-state index is 12.6. The zero-order chi connectivity index (χ0) is 15.9. The smallest absolute Gasteiger partial charge is 0.399 e. The van der Waals surface area contributed by atoms with Gasteiger partial charge in [-0.15, -0.1) is 0 Å². The monoisotopic (exact) mass is 375 g/mol. The zero-order valence-electron chi connectivity index (χ0n) is 12.4. The summed E-state index contributed by atoms with van der Waals surface area (Å²) in [5, 5.41) is 0. The molecule has 1 heterocycles. The molecule has 7 heteroatoms. The summed E-state index contributed by atoms with van der Waals surface area (Å²) in [6.07, 6.45) is 0.0871. The lowest BCUT2D eigenvalue weighted by atomic mass is 9.85. The highest BCUT2D eigenvalue weighted by atomic mass is 79.9. The SMILES string of the molecule is COC1=NS(=O)(=O)C(C)(Cc2ccc(Br)cc2)C(C)(C)O1. The number of rotatable bonds is 2. The molecule has 0 N–H and O–H groups in total. The highest BCUT2D eigenvalue weighted by Crippen LogP contribution is 2.40. The molecule has 0 bridgehead atoms. The highest BCUT2D eigenvalue weighted by molar-refractivity contribution is 9.10. The first-order valence-electron chi connectivity index (χ1n) is 6.43. The van der Waals surface area contributed by atoms with Gasteiger partial charge in [0.1, 0.15) is 10.3 Å². The highest BCUT2D eigenvalue weighted by Gasteiger charge is 2.57. The average Bonchev–Trinajstić information content (AvgIpc) is 2.38. The second-order valence-electron chi connectivity index (χ2n) is 5.68. The van der Waals surface area contributed by atoms with E-state index in [2.05, 4.69) is 20.3 Å². The zero-order valence-corrected chi connectivity index (χ0v) is 14.8. The molecular formula is C14H18BrNO4S. The molecule has 21 heavy (non-hydrogen) atoms. The molecular weight excluding hydrogens is 358 g/mol. The van der Waals surface area contributed by atoms with Gasteiger partial charge in [-0.3, -0.25) is 0 Å². The second-order valence-corrected chi connectivity index (χ2v) is 8.63. The van der Waals surface area contributed by atoms with E-state index in [0.717, 1.165) is 10.0 Å². The Kier molecular flexibility index (Phi) is 4.10. The summed E-state index contributed by atoms with van der Waals surface area (Å²) in [5.74, 6) is 0. The Morgan fingerprint density at radius 3 is 2.29 bits per heavy atom. The normalized spacial score (nSPS) is 26.6. The molecule has 1 aromatic carbocycles. The van der Waals surface area contributed by atoms with Gasteiger partial charge in [0.15, 0.2) is 0 Å². The van der Waals surface area contributed by atoms with Crippen molar-refractivity contribution in [3.8, 4) is 0 Å². The molecule has 1 atom stereocenters. The largest absolute Gasteiger partial charge is 0.453 e. The minimum absolute atomic E-state index is 0.215.